The van der Waals surface area contributed by atoms with Crippen LogP contribution in [0.3, 0.4) is 0 Å². The number of amides is 1. The van der Waals surface area contributed by atoms with E-state index in [1.165, 1.54) is 0 Å². The third-order valence-corrected chi connectivity index (χ3v) is 4.40. The van der Waals surface area contributed by atoms with Crippen molar-refractivity contribution >= 4 is 21.8 Å². The maximum Gasteiger partial charge on any atom is 0.224 e. The van der Waals surface area contributed by atoms with E-state index in [9.17, 15) is 4.79 Å². The lowest BCUT2D eigenvalue weighted by Crippen LogP contribution is -2.35. The van der Waals surface area contributed by atoms with Crippen molar-refractivity contribution in [3.8, 4) is 5.75 Å². The summed E-state index contributed by atoms with van der Waals surface area (Å²) >= 11 is 3.40. The van der Waals surface area contributed by atoms with E-state index in [2.05, 4.69) is 26.1 Å². The molecule has 1 atom stereocenters. The molecule has 0 radical (unpaired) electrons. The smallest absolute Gasteiger partial charge is 0.224 e. The van der Waals surface area contributed by atoms with Crippen molar-refractivity contribution in [2.75, 3.05) is 27.7 Å². The summed E-state index contributed by atoms with van der Waals surface area (Å²) in [6, 6.07) is 15.8. The summed E-state index contributed by atoms with van der Waals surface area (Å²) in [5.41, 5.74) is 2.11. The van der Waals surface area contributed by atoms with Crippen LogP contribution in [0.15, 0.2) is 53.0 Å². The lowest BCUT2D eigenvalue weighted by atomic mass is 10.1. The van der Waals surface area contributed by atoms with E-state index in [1.54, 1.807) is 7.11 Å². The van der Waals surface area contributed by atoms with Gasteiger partial charge >= 0.3 is 0 Å². The highest BCUT2D eigenvalue weighted by Gasteiger charge is 2.16. The normalized spacial score (nSPS) is 12.0. The van der Waals surface area contributed by atoms with Crippen molar-refractivity contribution < 1.29 is 9.53 Å². The van der Waals surface area contributed by atoms with Crippen LogP contribution in [0.25, 0.3) is 0 Å². The fourth-order valence-corrected chi connectivity index (χ4v) is 2.77. The van der Waals surface area contributed by atoms with Crippen LogP contribution in [-0.4, -0.2) is 38.6 Å². The predicted molar refractivity (Wildman–Crippen MR) is 100 cm³/mol. The maximum absolute atomic E-state index is 12.2. The lowest BCUT2D eigenvalue weighted by molar-refractivity contribution is -0.120. The number of carbonyl (C=O) groups excluding carboxylic acids is 1. The minimum Gasteiger partial charge on any atom is -0.497 e. The summed E-state index contributed by atoms with van der Waals surface area (Å²) in [7, 11) is 5.67. The van der Waals surface area contributed by atoms with E-state index in [4.69, 9.17) is 4.74 Å². The first-order valence-corrected chi connectivity index (χ1v) is 8.60. The van der Waals surface area contributed by atoms with Crippen LogP contribution < -0.4 is 10.1 Å². The predicted octanol–water partition coefficient (Wildman–Crippen LogP) is 3.42. The van der Waals surface area contributed by atoms with Gasteiger partial charge in [0.05, 0.1) is 19.6 Å². The molecule has 2 aromatic carbocycles. The Morgan fingerprint density at radius 2 is 1.92 bits per heavy atom. The number of rotatable bonds is 7. The molecule has 0 saturated carbocycles. The molecule has 0 spiro atoms. The first kappa shape index (κ1) is 18.5. The van der Waals surface area contributed by atoms with Gasteiger partial charge < -0.3 is 15.0 Å². The number of halogens is 1. The van der Waals surface area contributed by atoms with Crippen LogP contribution in [-0.2, 0) is 11.2 Å². The van der Waals surface area contributed by atoms with Gasteiger partial charge in [-0.05, 0) is 49.5 Å². The highest BCUT2D eigenvalue weighted by Crippen LogP contribution is 2.22. The minimum atomic E-state index is 0.0204. The van der Waals surface area contributed by atoms with Crippen LogP contribution in [0.4, 0.5) is 0 Å². The summed E-state index contributed by atoms with van der Waals surface area (Å²) in [4.78, 5) is 14.3. The summed E-state index contributed by atoms with van der Waals surface area (Å²) in [5, 5.41) is 3.03. The highest BCUT2D eigenvalue weighted by molar-refractivity contribution is 9.10. The Balaban J connectivity index is 1.98. The van der Waals surface area contributed by atoms with Gasteiger partial charge in [0.15, 0.2) is 0 Å². The average Bonchev–Trinajstić information content (AvgIpc) is 2.57. The molecule has 2 aromatic rings. The van der Waals surface area contributed by atoms with Crippen molar-refractivity contribution in [2.45, 2.75) is 12.5 Å². The second-order valence-corrected chi connectivity index (χ2v) is 6.78. The number of nitrogens with zero attached hydrogens (tertiary/aromatic N) is 1. The van der Waals surface area contributed by atoms with Crippen LogP contribution in [0.5, 0.6) is 5.75 Å². The molecule has 0 aromatic heterocycles. The summed E-state index contributed by atoms with van der Waals surface area (Å²) in [5.74, 6) is 0.840. The summed E-state index contributed by atoms with van der Waals surface area (Å²) < 4.78 is 6.30. The van der Waals surface area contributed by atoms with Gasteiger partial charge in [-0.1, -0.05) is 40.2 Å². The van der Waals surface area contributed by atoms with Gasteiger partial charge in [0, 0.05) is 11.0 Å². The molecule has 0 aliphatic carbocycles. The van der Waals surface area contributed by atoms with Gasteiger partial charge in [-0.3, -0.25) is 4.79 Å². The molecule has 1 unspecified atom stereocenters. The van der Waals surface area contributed by atoms with Gasteiger partial charge in [0.25, 0.3) is 0 Å². The standard InChI is InChI=1S/C19H23BrN2O2/c1-22(2)18(15-5-4-6-17(12-15)24-3)13-21-19(23)11-14-7-9-16(20)10-8-14/h4-10,12,18H,11,13H2,1-3H3,(H,21,23). The zero-order chi connectivity index (χ0) is 17.5. The number of nitrogens with one attached hydrogen (secondary N) is 1. The molecular weight excluding hydrogens is 368 g/mol. The van der Waals surface area contributed by atoms with E-state index in [0.717, 1.165) is 21.3 Å². The molecule has 0 heterocycles. The van der Waals surface area contributed by atoms with E-state index in [1.807, 2.05) is 62.6 Å². The lowest BCUT2D eigenvalue weighted by Gasteiger charge is -2.25. The Bertz CT molecular complexity index is 671. The third kappa shape index (κ3) is 5.35. The van der Waals surface area contributed by atoms with Gasteiger partial charge in [-0.15, -0.1) is 0 Å². The second kappa shape index (κ2) is 8.85. The number of hydrogen-bond acceptors (Lipinski definition) is 3. The number of ether oxygens (including phenoxy) is 1. The van der Waals surface area contributed by atoms with Crippen LogP contribution in [0.2, 0.25) is 0 Å². The number of methoxy groups -OCH3 is 1. The Labute approximate surface area is 151 Å². The first-order chi connectivity index (χ1) is 11.5. The fraction of sp³-hybridized carbons (Fsp3) is 0.316. The van der Waals surface area contributed by atoms with Crippen LogP contribution >= 0.6 is 15.9 Å². The largest absolute Gasteiger partial charge is 0.497 e. The quantitative estimate of drug-likeness (QED) is 0.787. The van der Waals surface area contributed by atoms with Crippen molar-refractivity contribution in [1.82, 2.24) is 10.2 Å². The van der Waals surface area contributed by atoms with Crippen molar-refractivity contribution in [1.29, 1.82) is 0 Å². The van der Waals surface area contributed by atoms with E-state index in [-0.39, 0.29) is 11.9 Å². The third-order valence-electron chi connectivity index (χ3n) is 3.87. The monoisotopic (exact) mass is 390 g/mol. The number of likely N-dealkylation sites (N-methyl/N-ethyl adjacent to an activating group) is 1. The van der Waals surface area contributed by atoms with E-state index >= 15 is 0 Å². The number of carbonyl (C=O) groups is 1. The Morgan fingerprint density at radius 3 is 2.54 bits per heavy atom. The highest BCUT2D eigenvalue weighted by atomic mass is 79.9. The second-order valence-electron chi connectivity index (χ2n) is 5.86. The molecule has 128 valence electrons. The Kier molecular flexibility index (Phi) is 6.82. The fourth-order valence-electron chi connectivity index (χ4n) is 2.51. The molecule has 0 saturated heterocycles. The van der Waals surface area contributed by atoms with Crippen molar-refractivity contribution in [3.63, 3.8) is 0 Å². The molecule has 24 heavy (non-hydrogen) atoms. The van der Waals surface area contributed by atoms with Gasteiger partial charge in [0.2, 0.25) is 5.91 Å². The molecule has 0 fully saturated rings. The molecule has 4 nitrogen and oxygen atoms in total. The van der Waals surface area contributed by atoms with E-state index in [0.29, 0.717) is 13.0 Å². The molecule has 1 N–H and O–H groups in total. The molecule has 5 heteroatoms. The molecular formula is C19H23BrN2O2. The van der Waals surface area contributed by atoms with Gasteiger partial charge in [0.1, 0.15) is 5.75 Å². The molecule has 0 bridgehead atoms. The van der Waals surface area contributed by atoms with Gasteiger partial charge in [-0.25, -0.2) is 0 Å². The van der Waals surface area contributed by atoms with Crippen molar-refractivity contribution in [2.24, 2.45) is 0 Å². The topological polar surface area (TPSA) is 41.6 Å². The Hall–Kier alpha value is -1.85. The van der Waals surface area contributed by atoms with Crippen LogP contribution in [0.1, 0.15) is 17.2 Å². The molecule has 1 amide bonds. The average molecular weight is 391 g/mol. The summed E-state index contributed by atoms with van der Waals surface area (Å²) in [6.45, 7) is 0.551. The SMILES string of the molecule is COc1cccc(C(CNC(=O)Cc2ccc(Br)cc2)N(C)C)c1. The zero-order valence-corrected chi connectivity index (χ0v) is 15.8. The summed E-state index contributed by atoms with van der Waals surface area (Å²) in [6.07, 6.45) is 0.380. The number of hydrogen-bond donors (Lipinski definition) is 1. The first-order valence-electron chi connectivity index (χ1n) is 7.81. The van der Waals surface area contributed by atoms with Crippen molar-refractivity contribution in [3.05, 3.63) is 64.1 Å². The molecule has 0 aliphatic rings. The van der Waals surface area contributed by atoms with Gasteiger partial charge in [-0.2, -0.15) is 0 Å². The zero-order valence-electron chi connectivity index (χ0n) is 14.3. The van der Waals surface area contributed by atoms with E-state index < -0.39 is 0 Å². The Morgan fingerprint density at radius 1 is 1.21 bits per heavy atom. The molecule has 2 rings (SSSR count). The minimum absolute atomic E-state index is 0.0204. The number of benzene rings is 2. The molecule has 0 aliphatic heterocycles. The van der Waals surface area contributed by atoms with Crippen LogP contribution in [0, 0.1) is 0 Å². The maximum atomic E-state index is 12.2.